The predicted octanol–water partition coefficient (Wildman–Crippen LogP) is 4.36. The summed E-state index contributed by atoms with van der Waals surface area (Å²) in [5, 5.41) is 13.7. The molecule has 2 saturated carbocycles. The first-order valence-corrected chi connectivity index (χ1v) is 11.4. The van der Waals surface area contributed by atoms with Crippen molar-refractivity contribution in [1.29, 1.82) is 5.26 Å². The fourth-order valence-corrected chi connectivity index (χ4v) is 5.93. The number of nitriles is 1. The van der Waals surface area contributed by atoms with E-state index in [9.17, 15) is 10.1 Å². The number of morpholine rings is 1. The largest absolute Gasteiger partial charge is 0.379 e. The zero-order chi connectivity index (χ0) is 20.2. The Bertz CT molecular complexity index is 740. The number of benzene rings is 1. The second kappa shape index (κ2) is 8.85. The van der Waals surface area contributed by atoms with Crippen LogP contribution in [0.2, 0.25) is 0 Å². The van der Waals surface area contributed by atoms with Crippen molar-refractivity contribution in [2.75, 3.05) is 31.6 Å². The van der Waals surface area contributed by atoms with Crippen molar-refractivity contribution in [2.45, 2.75) is 63.3 Å². The van der Waals surface area contributed by atoms with Crippen LogP contribution in [0.4, 0.5) is 5.69 Å². The highest BCUT2D eigenvalue weighted by molar-refractivity contribution is 6.00. The molecule has 156 valence electrons. The summed E-state index contributed by atoms with van der Waals surface area (Å²) in [6.45, 7) is 2.77. The van der Waals surface area contributed by atoms with Crippen LogP contribution in [-0.2, 0) is 9.53 Å². The van der Waals surface area contributed by atoms with Gasteiger partial charge in [0, 0.05) is 24.7 Å². The quantitative estimate of drug-likeness (QED) is 0.826. The van der Waals surface area contributed by atoms with Crippen molar-refractivity contribution in [3.63, 3.8) is 0 Å². The molecule has 1 amide bonds. The smallest absolute Gasteiger partial charge is 0.233 e. The van der Waals surface area contributed by atoms with Crippen LogP contribution in [0.3, 0.4) is 0 Å². The maximum atomic E-state index is 13.8. The number of rotatable bonds is 3. The molecule has 1 N–H and O–H groups in total. The number of nitrogens with zero attached hydrogens (tertiary/aromatic N) is 2. The van der Waals surface area contributed by atoms with Crippen molar-refractivity contribution in [2.24, 2.45) is 11.3 Å². The summed E-state index contributed by atoms with van der Waals surface area (Å²) in [5.41, 5.74) is -0.477. The minimum atomic E-state index is -0.686. The average Bonchev–Trinajstić information content (AvgIpc) is 3.36. The molecule has 29 heavy (non-hydrogen) atoms. The first-order chi connectivity index (χ1) is 14.3. The normalized spacial score (nSPS) is 33.6. The van der Waals surface area contributed by atoms with Gasteiger partial charge in [0.2, 0.25) is 5.91 Å². The number of fused-ring (bicyclic) bond motifs is 1. The molecule has 2 aliphatic carbocycles. The molecule has 5 nitrogen and oxygen atoms in total. The lowest BCUT2D eigenvalue weighted by atomic mass is 9.89. The van der Waals surface area contributed by atoms with Gasteiger partial charge in [-0.2, -0.15) is 5.26 Å². The topological polar surface area (TPSA) is 65.4 Å². The van der Waals surface area contributed by atoms with Crippen LogP contribution in [0.25, 0.3) is 0 Å². The molecule has 1 aromatic carbocycles. The van der Waals surface area contributed by atoms with Crippen molar-refractivity contribution in [3.05, 3.63) is 30.3 Å². The molecular weight excluding hydrogens is 362 g/mol. The van der Waals surface area contributed by atoms with E-state index in [1.807, 2.05) is 30.3 Å². The number of carbonyl (C=O) groups excluding carboxylic acids is 1. The molecule has 0 aromatic heterocycles. The zero-order valence-corrected chi connectivity index (χ0v) is 17.4. The summed E-state index contributed by atoms with van der Waals surface area (Å²) in [7, 11) is 0. The average molecular weight is 396 g/mol. The van der Waals surface area contributed by atoms with Crippen molar-refractivity contribution >= 4 is 11.6 Å². The molecule has 3 aliphatic rings. The van der Waals surface area contributed by atoms with Gasteiger partial charge in [0.05, 0.1) is 24.7 Å². The Morgan fingerprint density at radius 3 is 2.38 bits per heavy atom. The number of carbonyl (C=O) groups is 1. The minimum Gasteiger partial charge on any atom is -0.379 e. The summed E-state index contributed by atoms with van der Waals surface area (Å²) in [6.07, 6.45) is 10.1. The van der Waals surface area contributed by atoms with Gasteiger partial charge in [0.15, 0.2) is 0 Å². The van der Waals surface area contributed by atoms with Crippen LogP contribution < -0.4 is 5.32 Å². The Morgan fingerprint density at radius 2 is 1.69 bits per heavy atom. The van der Waals surface area contributed by atoms with E-state index in [4.69, 9.17) is 4.74 Å². The molecular formula is C24H33N3O2. The van der Waals surface area contributed by atoms with Gasteiger partial charge in [0.25, 0.3) is 0 Å². The van der Waals surface area contributed by atoms with Crippen LogP contribution >= 0.6 is 0 Å². The third-order valence-electron chi connectivity index (χ3n) is 7.38. The van der Waals surface area contributed by atoms with Crippen molar-refractivity contribution in [3.8, 4) is 6.07 Å². The molecule has 0 bridgehead atoms. The van der Waals surface area contributed by atoms with E-state index in [1.165, 1.54) is 25.7 Å². The summed E-state index contributed by atoms with van der Waals surface area (Å²) in [5.74, 6) is 0.154. The third kappa shape index (κ3) is 3.58. The van der Waals surface area contributed by atoms with Gasteiger partial charge < -0.3 is 10.1 Å². The van der Waals surface area contributed by atoms with Gasteiger partial charge in [-0.3, -0.25) is 9.69 Å². The van der Waals surface area contributed by atoms with Crippen molar-refractivity contribution < 1.29 is 9.53 Å². The van der Waals surface area contributed by atoms with Crippen LogP contribution in [0.15, 0.2) is 30.3 Å². The van der Waals surface area contributed by atoms with E-state index in [2.05, 4.69) is 16.3 Å². The third-order valence-corrected chi connectivity index (χ3v) is 7.38. The van der Waals surface area contributed by atoms with E-state index < -0.39 is 11.0 Å². The molecule has 4 rings (SSSR count). The van der Waals surface area contributed by atoms with Gasteiger partial charge >= 0.3 is 0 Å². The van der Waals surface area contributed by atoms with Gasteiger partial charge in [0.1, 0.15) is 5.54 Å². The van der Waals surface area contributed by atoms with E-state index in [0.29, 0.717) is 13.2 Å². The Morgan fingerprint density at radius 1 is 1.03 bits per heavy atom. The van der Waals surface area contributed by atoms with Gasteiger partial charge in [-0.1, -0.05) is 63.1 Å². The zero-order valence-electron chi connectivity index (χ0n) is 17.4. The maximum absolute atomic E-state index is 13.8. The Labute approximate surface area is 174 Å². The minimum absolute atomic E-state index is 0.0426. The molecule has 1 saturated heterocycles. The fraction of sp³-hybridized carbons (Fsp3) is 0.667. The van der Waals surface area contributed by atoms with Gasteiger partial charge in [-0.15, -0.1) is 0 Å². The number of anilines is 1. The highest BCUT2D eigenvalue weighted by Gasteiger charge is 2.82. The monoisotopic (exact) mass is 395 g/mol. The fourth-order valence-electron chi connectivity index (χ4n) is 5.93. The molecule has 1 aliphatic heterocycles. The highest BCUT2D eigenvalue weighted by atomic mass is 16.5. The molecule has 1 unspecified atom stereocenters. The van der Waals surface area contributed by atoms with E-state index in [1.54, 1.807) is 0 Å². The number of amides is 1. The predicted molar refractivity (Wildman–Crippen MR) is 113 cm³/mol. The number of nitrogens with one attached hydrogen (secondary N) is 1. The summed E-state index contributed by atoms with van der Waals surface area (Å²) < 4.78 is 5.56. The molecule has 5 heteroatoms. The number of para-hydroxylation sites is 1. The standard InChI is InChI=1S/C24H33N3O2/c25-19-24(27-15-17-29-18-16-27)21-13-9-4-2-1-3-5-10-14-23(21,24)22(28)26-20-11-7-6-8-12-20/h6-8,11-12,21H,1-5,9-10,13-18H2,(H,26,28)/t21?,23-,24-/m1/s1. The Kier molecular flexibility index (Phi) is 6.22. The molecule has 1 heterocycles. The van der Waals surface area contributed by atoms with Crippen LogP contribution in [0, 0.1) is 22.7 Å². The lowest BCUT2D eigenvalue weighted by Gasteiger charge is -2.34. The number of hydrogen-bond acceptors (Lipinski definition) is 4. The maximum Gasteiger partial charge on any atom is 0.233 e. The van der Waals surface area contributed by atoms with Crippen LogP contribution in [0.5, 0.6) is 0 Å². The van der Waals surface area contributed by atoms with E-state index in [0.717, 1.165) is 50.9 Å². The lowest BCUT2D eigenvalue weighted by molar-refractivity contribution is -0.123. The van der Waals surface area contributed by atoms with Crippen LogP contribution in [-0.4, -0.2) is 42.6 Å². The molecule has 1 aromatic rings. The first kappa shape index (κ1) is 20.4. The number of hydrogen-bond donors (Lipinski definition) is 1. The Hall–Kier alpha value is -1.90. The van der Waals surface area contributed by atoms with Gasteiger partial charge in [-0.25, -0.2) is 0 Å². The van der Waals surface area contributed by atoms with Crippen molar-refractivity contribution in [1.82, 2.24) is 4.90 Å². The van der Waals surface area contributed by atoms with E-state index >= 15 is 0 Å². The Balaban J connectivity index is 1.67. The number of ether oxygens (including phenoxy) is 1. The van der Waals surface area contributed by atoms with E-state index in [-0.39, 0.29) is 11.8 Å². The molecule has 0 radical (unpaired) electrons. The molecule has 3 fully saturated rings. The molecule has 0 spiro atoms. The highest BCUT2D eigenvalue weighted by Crippen LogP contribution is 2.70. The lowest BCUT2D eigenvalue weighted by Crippen LogP contribution is -2.50. The molecule has 3 atom stereocenters. The second-order valence-electron chi connectivity index (χ2n) is 8.84. The summed E-state index contributed by atoms with van der Waals surface area (Å²) in [6, 6.07) is 12.4. The van der Waals surface area contributed by atoms with Gasteiger partial charge in [-0.05, 0) is 25.0 Å². The summed E-state index contributed by atoms with van der Waals surface area (Å²) in [4.78, 5) is 16.1. The first-order valence-electron chi connectivity index (χ1n) is 11.4. The summed E-state index contributed by atoms with van der Waals surface area (Å²) >= 11 is 0. The second-order valence-corrected chi connectivity index (χ2v) is 8.84. The SMILES string of the molecule is N#C[C@@]1(N2CCOCC2)C2CCCCCCCCC[C@]21C(=O)Nc1ccccc1. The van der Waals surface area contributed by atoms with Crippen LogP contribution in [0.1, 0.15) is 57.8 Å².